The fraction of sp³-hybridized carbons (Fsp3) is 0.615. The molecule has 8 heteroatoms. The summed E-state index contributed by atoms with van der Waals surface area (Å²) in [5, 5.41) is 9.05. The first-order chi connectivity index (χ1) is 10.1. The summed E-state index contributed by atoms with van der Waals surface area (Å²) < 4.78 is 16.0. The largest absolute Gasteiger partial charge is 0.475 e. The van der Waals surface area contributed by atoms with Gasteiger partial charge in [0, 0.05) is 19.6 Å². The first-order valence-electron chi connectivity index (χ1n) is 6.70. The Morgan fingerprint density at radius 1 is 1.43 bits per heavy atom. The van der Waals surface area contributed by atoms with Crippen LogP contribution in [0.5, 0.6) is 11.8 Å². The number of nitrogens with zero attached hydrogens (tertiary/aromatic N) is 3. The molecule has 1 amide bonds. The zero-order chi connectivity index (χ0) is 15.2. The van der Waals surface area contributed by atoms with Crippen molar-refractivity contribution < 1.29 is 24.1 Å². The number of amides is 1. The van der Waals surface area contributed by atoms with Crippen LogP contribution in [0.4, 0.5) is 4.79 Å². The van der Waals surface area contributed by atoms with Crippen molar-refractivity contribution in [2.45, 2.75) is 25.5 Å². The van der Waals surface area contributed by atoms with Crippen LogP contribution in [-0.2, 0) is 4.74 Å². The van der Waals surface area contributed by atoms with Crippen molar-refractivity contribution in [3.63, 3.8) is 0 Å². The molecule has 1 saturated heterocycles. The molecule has 0 unspecified atom stereocenters. The highest BCUT2D eigenvalue weighted by molar-refractivity contribution is 5.65. The fourth-order valence-corrected chi connectivity index (χ4v) is 2.20. The number of carbonyl (C=O) groups is 1. The Hall–Kier alpha value is -2.09. The van der Waals surface area contributed by atoms with Gasteiger partial charge in [0.15, 0.2) is 0 Å². The molecule has 1 fully saturated rings. The van der Waals surface area contributed by atoms with Crippen LogP contribution in [0.1, 0.15) is 13.3 Å². The Kier molecular flexibility index (Phi) is 5.15. The number of rotatable bonds is 6. The second kappa shape index (κ2) is 7.07. The summed E-state index contributed by atoms with van der Waals surface area (Å²) in [4.78, 5) is 20.4. The van der Waals surface area contributed by atoms with E-state index in [1.165, 1.54) is 11.2 Å². The molecule has 1 aliphatic heterocycles. The predicted molar refractivity (Wildman–Crippen MR) is 72.6 cm³/mol. The molecule has 8 nitrogen and oxygen atoms in total. The van der Waals surface area contributed by atoms with Gasteiger partial charge in [0.05, 0.1) is 19.2 Å². The van der Waals surface area contributed by atoms with Gasteiger partial charge in [-0.1, -0.05) is 0 Å². The number of likely N-dealkylation sites (tertiary alicyclic amines) is 1. The van der Waals surface area contributed by atoms with E-state index in [4.69, 9.17) is 19.3 Å². The second-order valence-corrected chi connectivity index (χ2v) is 4.80. The Labute approximate surface area is 122 Å². The monoisotopic (exact) mass is 297 g/mol. The molecular weight excluding hydrogens is 278 g/mol. The number of carboxylic acid groups (broad SMARTS) is 1. The van der Waals surface area contributed by atoms with E-state index in [0.717, 1.165) is 0 Å². The Morgan fingerprint density at radius 3 is 2.86 bits per heavy atom. The molecule has 0 aliphatic carbocycles. The van der Waals surface area contributed by atoms with Crippen molar-refractivity contribution in [1.82, 2.24) is 14.9 Å². The molecule has 1 aliphatic rings. The molecule has 2 rings (SSSR count). The lowest BCUT2D eigenvalue weighted by Gasteiger charge is -2.16. The summed E-state index contributed by atoms with van der Waals surface area (Å²) in [6.45, 7) is 3.05. The van der Waals surface area contributed by atoms with E-state index in [1.54, 1.807) is 13.2 Å². The molecule has 116 valence electrons. The summed E-state index contributed by atoms with van der Waals surface area (Å²) in [5.74, 6) is 0.778. The molecule has 0 saturated carbocycles. The first-order valence-corrected chi connectivity index (χ1v) is 6.70. The van der Waals surface area contributed by atoms with Gasteiger partial charge in [0.1, 0.15) is 19.0 Å². The molecular formula is C13H19N3O5. The summed E-state index contributed by atoms with van der Waals surface area (Å²) in [6, 6.07) is 1.52. The maximum atomic E-state index is 11.0. The maximum Gasteiger partial charge on any atom is 0.407 e. The quantitative estimate of drug-likeness (QED) is 0.783. The highest BCUT2D eigenvalue weighted by Crippen LogP contribution is 2.23. The Bertz CT molecular complexity index is 485. The Balaban J connectivity index is 1.91. The van der Waals surface area contributed by atoms with Gasteiger partial charge in [-0.05, 0) is 6.92 Å². The van der Waals surface area contributed by atoms with Crippen LogP contribution < -0.4 is 9.47 Å². The van der Waals surface area contributed by atoms with Gasteiger partial charge in [-0.3, -0.25) is 0 Å². The van der Waals surface area contributed by atoms with E-state index in [2.05, 4.69) is 9.97 Å². The van der Waals surface area contributed by atoms with Gasteiger partial charge in [-0.2, -0.15) is 0 Å². The molecule has 1 N–H and O–H groups in total. The molecule has 0 radical (unpaired) electrons. The van der Waals surface area contributed by atoms with Gasteiger partial charge in [0.2, 0.25) is 11.8 Å². The van der Waals surface area contributed by atoms with Crippen molar-refractivity contribution in [2.75, 3.05) is 26.9 Å². The number of methoxy groups -OCH3 is 1. The van der Waals surface area contributed by atoms with Gasteiger partial charge in [-0.25, -0.2) is 14.8 Å². The van der Waals surface area contributed by atoms with E-state index < -0.39 is 6.09 Å². The molecule has 0 aromatic carbocycles. The molecule has 0 bridgehead atoms. The third kappa shape index (κ3) is 4.19. The SMILES string of the molecule is COCCOc1cc(O[C@@H]2C[C@H](C)N(C(=O)O)C2)ncn1. The molecule has 0 spiro atoms. The molecule has 1 aromatic heterocycles. The third-order valence-corrected chi connectivity index (χ3v) is 3.22. The number of hydrogen-bond acceptors (Lipinski definition) is 6. The summed E-state index contributed by atoms with van der Waals surface area (Å²) in [6.07, 6.45) is 0.846. The van der Waals surface area contributed by atoms with Crippen LogP contribution in [0.2, 0.25) is 0 Å². The minimum atomic E-state index is -0.931. The van der Waals surface area contributed by atoms with Crippen molar-refractivity contribution in [1.29, 1.82) is 0 Å². The number of aromatic nitrogens is 2. The van der Waals surface area contributed by atoms with E-state index in [1.807, 2.05) is 6.92 Å². The molecule has 1 aromatic rings. The van der Waals surface area contributed by atoms with Gasteiger partial charge in [-0.15, -0.1) is 0 Å². The van der Waals surface area contributed by atoms with Gasteiger partial charge < -0.3 is 24.2 Å². The highest BCUT2D eigenvalue weighted by Gasteiger charge is 2.33. The van der Waals surface area contributed by atoms with E-state index in [9.17, 15) is 4.79 Å². The normalized spacial score (nSPS) is 21.3. The first kappa shape index (κ1) is 15.3. The van der Waals surface area contributed by atoms with Crippen LogP contribution in [0.15, 0.2) is 12.4 Å². The second-order valence-electron chi connectivity index (χ2n) is 4.80. The molecule has 2 atom stereocenters. The lowest BCUT2D eigenvalue weighted by molar-refractivity contribution is 0.135. The zero-order valence-electron chi connectivity index (χ0n) is 12.1. The fourth-order valence-electron chi connectivity index (χ4n) is 2.20. The minimum absolute atomic E-state index is 0.0632. The maximum absolute atomic E-state index is 11.0. The lowest BCUT2D eigenvalue weighted by Crippen LogP contribution is -2.33. The van der Waals surface area contributed by atoms with Crippen LogP contribution >= 0.6 is 0 Å². The molecule has 21 heavy (non-hydrogen) atoms. The van der Waals surface area contributed by atoms with Crippen LogP contribution in [0.25, 0.3) is 0 Å². The van der Waals surface area contributed by atoms with Gasteiger partial charge >= 0.3 is 6.09 Å². The van der Waals surface area contributed by atoms with Crippen molar-refractivity contribution in [3.8, 4) is 11.8 Å². The van der Waals surface area contributed by atoms with Crippen LogP contribution in [-0.4, -0.2) is 65.1 Å². The molecule has 2 heterocycles. The minimum Gasteiger partial charge on any atom is -0.475 e. The topological polar surface area (TPSA) is 94.0 Å². The third-order valence-electron chi connectivity index (χ3n) is 3.22. The van der Waals surface area contributed by atoms with Gasteiger partial charge in [0.25, 0.3) is 0 Å². The van der Waals surface area contributed by atoms with E-state index >= 15 is 0 Å². The summed E-state index contributed by atoms with van der Waals surface area (Å²) in [5.41, 5.74) is 0. The average molecular weight is 297 g/mol. The number of hydrogen-bond donors (Lipinski definition) is 1. The van der Waals surface area contributed by atoms with Crippen molar-refractivity contribution in [2.24, 2.45) is 0 Å². The predicted octanol–water partition coefficient (Wildman–Crippen LogP) is 1.02. The van der Waals surface area contributed by atoms with Crippen LogP contribution in [0.3, 0.4) is 0 Å². The smallest absolute Gasteiger partial charge is 0.407 e. The number of ether oxygens (including phenoxy) is 3. The van der Waals surface area contributed by atoms with E-state index in [-0.39, 0.29) is 12.1 Å². The van der Waals surface area contributed by atoms with E-state index in [0.29, 0.717) is 37.9 Å². The standard InChI is InChI=1S/C13H19N3O5/c1-9-5-10(7-16(9)13(17)18)21-12-6-11(14-8-15-12)20-4-3-19-2/h6,8-10H,3-5,7H2,1-2H3,(H,17,18)/t9-,10+/m0/s1. The van der Waals surface area contributed by atoms with Crippen molar-refractivity contribution in [3.05, 3.63) is 12.4 Å². The van der Waals surface area contributed by atoms with Crippen molar-refractivity contribution >= 4 is 6.09 Å². The zero-order valence-corrected chi connectivity index (χ0v) is 12.1. The summed E-state index contributed by atoms with van der Waals surface area (Å²) in [7, 11) is 1.59. The average Bonchev–Trinajstić information content (AvgIpc) is 2.80. The summed E-state index contributed by atoms with van der Waals surface area (Å²) >= 11 is 0. The lowest BCUT2D eigenvalue weighted by atomic mass is 10.2. The Morgan fingerprint density at radius 2 is 2.19 bits per heavy atom. The highest BCUT2D eigenvalue weighted by atomic mass is 16.5. The van der Waals surface area contributed by atoms with Crippen LogP contribution in [0, 0.1) is 0 Å².